The molecule has 0 aliphatic heterocycles. The van der Waals surface area contributed by atoms with Crippen molar-refractivity contribution < 1.29 is 5.11 Å². The van der Waals surface area contributed by atoms with Crippen molar-refractivity contribution >= 4 is 0 Å². The predicted octanol–water partition coefficient (Wildman–Crippen LogP) is 0.538. The van der Waals surface area contributed by atoms with Crippen molar-refractivity contribution in [3.8, 4) is 0 Å². The van der Waals surface area contributed by atoms with Crippen LogP contribution in [-0.4, -0.2) is 15.8 Å². The van der Waals surface area contributed by atoms with Crippen LogP contribution in [0.4, 0.5) is 0 Å². The molecule has 0 bridgehead atoms. The molecule has 0 fully saturated rings. The van der Waals surface area contributed by atoms with Gasteiger partial charge in [0.2, 0.25) is 0 Å². The maximum Gasteiger partial charge on any atom is 0.250 e. The van der Waals surface area contributed by atoms with Crippen molar-refractivity contribution in [3.05, 3.63) is 34.2 Å². The number of aryl methyl sites for hydroxylation is 1. The van der Waals surface area contributed by atoms with Crippen LogP contribution in [0.5, 0.6) is 0 Å². The van der Waals surface area contributed by atoms with Gasteiger partial charge in [0, 0.05) is 11.8 Å². The number of hydrogen-bond donors (Lipinski definition) is 1. The fraction of sp³-hybridized carbons (Fsp3) is 0.444. The Labute approximate surface area is 71.3 Å². The summed E-state index contributed by atoms with van der Waals surface area (Å²) in [5.74, 6) is 0. The summed E-state index contributed by atoms with van der Waals surface area (Å²) in [7, 11) is 0. The highest BCUT2D eigenvalue weighted by Crippen LogP contribution is 1.95. The van der Waals surface area contributed by atoms with Crippen molar-refractivity contribution in [2.45, 2.75) is 26.5 Å². The van der Waals surface area contributed by atoms with Crippen LogP contribution in [0.25, 0.3) is 0 Å². The van der Waals surface area contributed by atoms with Crippen LogP contribution in [-0.2, 0) is 6.54 Å². The number of aromatic nitrogens is 1. The predicted molar refractivity (Wildman–Crippen MR) is 47.1 cm³/mol. The van der Waals surface area contributed by atoms with E-state index in [1.54, 1.807) is 17.6 Å². The first-order chi connectivity index (χ1) is 5.61. The summed E-state index contributed by atoms with van der Waals surface area (Å²) in [4.78, 5) is 11.2. The molecule has 0 spiro atoms. The van der Waals surface area contributed by atoms with Gasteiger partial charge in [0.25, 0.3) is 5.56 Å². The maximum absolute atomic E-state index is 11.2. The Morgan fingerprint density at radius 3 is 2.75 bits per heavy atom. The molecule has 0 aliphatic rings. The molecule has 0 aliphatic carbocycles. The van der Waals surface area contributed by atoms with E-state index in [4.69, 9.17) is 5.11 Å². The molecule has 1 atom stereocenters. The zero-order chi connectivity index (χ0) is 9.14. The Kier molecular flexibility index (Phi) is 2.65. The summed E-state index contributed by atoms with van der Waals surface area (Å²) < 4.78 is 1.56. The first-order valence-electron chi connectivity index (χ1n) is 3.96. The molecular formula is C9H13NO2. The molecule has 1 heterocycles. The zero-order valence-electron chi connectivity index (χ0n) is 7.32. The van der Waals surface area contributed by atoms with Gasteiger partial charge in [-0.1, -0.05) is 6.07 Å². The van der Waals surface area contributed by atoms with Gasteiger partial charge in [-0.25, -0.2) is 0 Å². The van der Waals surface area contributed by atoms with E-state index in [0.29, 0.717) is 6.54 Å². The fourth-order valence-electron chi connectivity index (χ4n) is 1.12. The molecule has 0 unspecified atom stereocenters. The van der Waals surface area contributed by atoms with E-state index < -0.39 is 6.10 Å². The Morgan fingerprint density at radius 1 is 1.58 bits per heavy atom. The average molecular weight is 167 g/mol. The lowest BCUT2D eigenvalue weighted by atomic mass is 10.3. The maximum atomic E-state index is 11.2. The van der Waals surface area contributed by atoms with Gasteiger partial charge in [0.15, 0.2) is 0 Å². The Morgan fingerprint density at radius 2 is 2.25 bits per heavy atom. The highest BCUT2D eigenvalue weighted by atomic mass is 16.3. The van der Waals surface area contributed by atoms with Gasteiger partial charge in [0.05, 0.1) is 12.6 Å². The molecule has 3 nitrogen and oxygen atoms in total. The third kappa shape index (κ3) is 1.95. The molecule has 66 valence electrons. The fourth-order valence-corrected chi connectivity index (χ4v) is 1.12. The lowest BCUT2D eigenvalue weighted by molar-refractivity contribution is 0.171. The number of nitrogens with zero attached hydrogens (tertiary/aromatic N) is 1. The molecule has 1 aromatic heterocycles. The van der Waals surface area contributed by atoms with Crippen LogP contribution in [0.2, 0.25) is 0 Å². The van der Waals surface area contributed by atoms with Gasteiger partial charge in [-0.3, -0.25) is 4.79 Å². The Bertz CT molecular complexity index is 315. The number of rotatable bonds is 2. The van der Waals surface area contributed by atoms with Crippen molar-refractivity contribution in [2.24, 2.45) is 0 Å². The molecular weight excluding hydrogens is 154 g/mol. The first kappa shape index (κ1) is 9.00. The van der Waals surface area contributed by atoms with Crippen LogP contribution in [0.3, 0.4) is 0 Å². The molecule has 1 N–H and O–H groups in total. The normalized spacial score (nSPS) is 12.9. The minimum absolute atomic E-state index is 0.0594. The topological polar surface area (TPSA) is 42.2 Å². The summed E-state index contributed by atoms with van der Waals surface area (Å²) in [5.41, 5.74) is 0.819. The van der Waals surface area contributed by atoms with E-state index in [2.05, 4.69) is 0 Å². The number of aliphatic hydroxyl groups excluding tert-OH is 1. The number of pyridine rings is 1. The summed E-state index contributed by atoms with van der Waals surface area (Å²) in [5, 5.41) is 9.09. The molecule has 1 rings (SSSR count). The van der Waals surface area contributed by atoms with E-state index in [9.17, 15) is 4.79 Å². The van der Waals surface area contributed by atoms with Gasteiger partial charge in [0.1, 0.15) is 0 Å². The van der Waals surface area contributed by atoms with E-state index in [1.165, 1.54) is 6.07 Å². The van der Waals surface area contributed by atoms with Crippen molar-refractivity contribution in [1.29, 1.82) is 0 Å². The van der Waals surface area contributed by atoms with Gasteiger partial charge < -0.3 is 9.67 Å². The van der Waals surface area contributed by atoms with E-state index in [1.807, 2.05) is 13.0 Å². The molecule has 3 heteroatoms. The van der Waals surface area contributed by atoms with Gasteiger partial charge in [-0.15, -0.1) is 0 Å². The summed E-state index contributed by atoms with van der Waals surface area (Å²) in [6, 6.07) is 5.06. The second-order valence-electron chi connectivity index (χ2n) is 2.97. The lowest BCUT2D eigenvalue weighted by Crippen LogP contribution is -2.25. The van der Waals surface area contributed by atoms with Crippen LogP contribution < -0.4 is 5.56 Å². The quantitative estimate of drug-likeness (QED) is 0.698. The largest absolute Gasteiger partial charge is 0.392 e. The molecule has 0 saturated carbocycles. The van der Waals surface area contributed by atoms with Gasteiger partial charge >= 0.3 is 0 Å². The smallest absolute Gasteiger partial charge is 0.250 e. The minimum atomic E-state index is -0.483. The third-order valence-corrected chi connectivity index (χ3v) is 1.71. The summed E-state index contributed by atoms with van der Waals surface area (Å²) in [6.07, 6.45) is -0.483. The second-order valence-corrected chi connectivity index (χ2v) is 2.97. The molecule has 0 aromatic carbocycles. The third-order valence-electron chi connectivity index (χ3n) is 1.71. The van der Waals surface area contributed by atoms with E-state index in [-0.39, 0.29) is 5.56 Å². The molecule has 1 aromatic rings. The second kappa shape index (κ2) is 3.54. The van der Waals surface area contributed by atoms with Crippen LogP contribution in [0, 0.1) is 6.92 Å². The van der Waals surface area contributed by atoms with Crippen molar-refractivity contribution in [3.63, 3.8) is 0 Å². The summed E-state index contributed by atoms with van der Waals surface area (Å²) in [6.45, 7) is 3.88. The van der Waals surface area contributed by atoms with Crippen LogP contribution >= 0.6 is 0 Å². The average Bonchev–Trinajstić information content (AvgIpc) is 1.97. The minimum Gasteiger partial charge on any atom is -0.392 e. The lowest BCUT2D eigenvalue weighted by Gasteiger charge is -2.10. The standard InChI is InChI=1S/C9H13NO2/c1-7-4-3-5-9(12)10(7)6-8(2)11/h3-5,8,11H,6H2,1-2H3/t8-/m1/s1. The number of aliphatic hydroxyl groups is 1. The molecule has 0 amide bonds. The zero-order valence-corrected chi connectivity index (χ0v) is 7.32. The Balaban J connectivity index is 3.05. The van der Waals surface area contributed by atoms with Gasteiger partial charge in [-0.05, 0) is 19.9 Å². The summed E-state index contributed by atoms with van der Waals surface area (Å²) >= 11 is 0. The molecule has 12 heavy (non-hydrogen) atoms. The molecule has 0 radical (unpaired) electrons. The van der Waals surface area contributed by atoms with E-state index >= 15 is 0 Å². The van der Waals surface area contributed by atoms with Crippen molar-refractivity contribution in [2.75, 3.05) is 0 Å². The molecule has 0 saturated heterocycles. The first-order valence-corrected chi connectivity index (χ1v) is 3.96. The number of hydrogen-bond acceptors (Lipinski definition) is 2. The van der Waals surface area contributed by atoms with Gasteiger partial charge in [-0.2, -0.15) is 0 Å². The highest BCUT2D eigenvalue weighted by molar-refractivity contribution is 5.04. The SMILES string of the molecule is Cc1cccc(=O)n1C[C@@H](C)O. The van der Waals surface area contributed by atoms with Crippen molar-refractivity contribution in [1.82, 2.24) is 4.57 Å². The van der Waals surface area contributed by atoms with E-state index in [0.717, 1.165) is 5.69 Å². The Hall–Kier alpha value is -1.09. The highest BCUT2D eigenvalue weighted by Gasteiger charge is 2.01. The monoisotopic (exact) mass is 167 g/mol. The van der Waals surface area contributed by atoms with Crippen LogP contribution in [0.15, 0.2) is 23.0 Å². The van der Waals surface area contributed by atoms with Crippen LogP contribution in [0.1, 0.15) is 12.6 Å².